The van der Waals surface area contributed by atoms with Crippen LogP contribution in [0.1, 0.15) is 0 Å². The van der Waals surface area contributed by atoms with E-state index in [1.165, 1.54) is 0 Å². The van der Waals surface area contributed by atoms with Crippen LogP contribution in [0.15, 0.2) is 5.18 Å². The van der Waals surface area contributed by atoms with Crippen molar-refractivity contribution in [2.45, 2.75) is 6.30 Å². The number of hydrogen-bond acceptors (Lipinski definition) is 2. The summed E-state index contributed by atoms with van der Waals surface area (Å²) in [5.74, 6) is -0.344. The van der Waals surface area contributed by atoms with Gasteiger partial charge in [-0.15, -0.1) is 16.5 Å². The van der Waals surface area contributed by atoms with Crippen LogP contribution in [-0.2, 0) is 0 Å². The molecule has 0 saturated heterocycles. The van der Waals surface area contributed by atoms with Crippen LogP contribution < -0.4 is 0 Å². The lowest BCUT2D eigenvalue weighted by Crippen LogP contribution is -1.92. The summed E-state index contributed by atoms with van der Waals surface area (Å²) in [6, 6.07) is 0. The van der Waals surface area contributed by atoms with E-state index in [-0.39, 0.29) is 5.88 Å². The summed E-state index contributed by atoms with van der Waals surface area (Å²) >= 11 is 4.78. The zero-order chi connectivity index (χ0) is 4.99. The minimum absolute atomic E-state index is 0.344. The molecule has 36 valence electrons. The highest BCUT2D eigenvalue weighted by Crippen LogP contribution is 1.92. The van der Waals surface area contributed by atoms with Gasteiger partial charge in [0, 0.05) is 0 Å². The zero-order valence-electron chi connectivity index (χ0n) is 2.90. The molecule has 0 aromatic rings. The van der Waals surface area contributed by atoms with Gasteiger partial charge in [-0.25, -0.2) is 4.39 Å². The van der Waals surface area contributed by atoms with Gasteiger partial charge in [0.05, 0.1) is 5.88 Å². The normalized spacial score (nSPS) is 13.7. The van der Waals surface area contributed by atoms with Crippen molar-refractivity contribution >= 4 is 11.6 Å². The topological polar surface area (TPSA) is 29.4 Å². The van der Waals surface area contributed by atoms with E-state index in [0.29, 0.717) is 0 Å². The molecule has 0 aromatic heterocycles. The van der Waals surface area contributed by atoms with Gasteiger partial charge in [-0.3, -0.25) is 0 Å². The number of halogens is 2. The molecule has 0 amide bonds. The zero-order valence-corrected chi connectivity index (χ0v) is 3.65. The van der Waals surface area contributed by atoms with Gasteiger partial charge in [-0.05, 0) is 5.18 Å². The van der Waals surface area contributed by atoms with Crippen molar-refractivity contribution in [3.63, 3.8) is 0 Å². The molecule has 0 bridgehead atoms. The van der Waals surface area contributed by atoms with E-state index in [1.807, 2.05) is 5.18 Å². The second-order valence-electron chi connectivity index (χ2n) is 0.694. The van der Waals surface area contributed by atoms with Gasteiger partial charge in [-0.2, -0.15) is 0 Å². The Hall–Kier alpha value is -0.180. The van der Waals surface area contributed by atoms with Crippen molar-refractivity contribution in [2.24, 2.45) is 5.18 Å². The fraction of sp³-hybridized carbons (Fsp3) is 1.00. The van der Waals surface area contributed by atoms with E-state index in [4.69, 9.17) is 16.5 Å². The Morgan fingerprint density at radius 2 is 2.50 bits per heavy atom. The predicted octanol–water partition coefficient (Wildman–Crippen LogP) is 1.29. The largest absolute Gasteiger partial charge is 0.243 e. The first-order valence-electron chi connectivity index (χ1n) is 1.33. The van der Waals surface area contributed by atoms with Crippen LogP contribution in [0.2, 0.25) is 0 Å². The Morgan fingerprint density at radius 1 is 2.00 bits per heavy atom. The summed E-state index contributed by atoms with van der Waals surface area (Å²) in [6.07, 6.45) is -1.73. The first-order chi connectivity index (χ1) is 2.81. The Labute approximate surface area is 39.3 Å². The lowest BCUT2D eigenvalue weighted by Gasteiger charge is -1.82. The first-order valence-corrected chi connectivity index (χ1v) is 1.87. The fourth-order valence-electron chi connectivity index (χ4n) is 0.0282. The van der Waals surface area contributed by atoms with E-state index in [0.717, 1.165) is 0 Å². The maximum Gasteiger partial charge on any atom is 0.243 e. The third kappa shape index (κ3) is 2.08. The van der Waals surface area contributed by atoms with E-state index in [2.05, 4.69) is 0 Å². The Bertz CT molecular complexity index is 50.8. The molecule has 4 heteroatoms. The molecular weight excluding hydrogens is 108 g/mol. The maximum atomic E-state index is 11.2. The fourth-order valence-corrected chi connectivity index (χ4v) is 0.0845. The van der Waals surface area contributed by atoms with Crippen molar-refractivity contribution in [3.8, 4) is 0 Å². The van der Waals surface area contributed by atoms with Crippen molar-refractivity contribution in [1.82, 2.24) is 0 Å². The van der Waals surface area contributed by atoms with Gasteiger partial charge in [0.2, 0.25) is 6.30 Å². The van der Waals surface area contributed by atoms with E-state index in [1.54, 1.807) is 0 Å². The molecule has 2 nitrogen and oxygen atoms in total. The third-order valence-corrected chi connectivity index (χ3v) is 0.496. The highest BCUT2D eigenvalue weighted by molar-refractivity contribution is 6.18. The van der Waals surface area contributed by atoms with Crippen LogP contribution in [0.5, 0.6) is 0 Å². The highest BCUT2D eigenvalue weighted by Gasteiger charge is 1.97. The summed E-state index contributed by atoms with van der Waals surface area (Å²) in [4.78, 5) is 9.03. The molecular formula is C2H3ClFNO. The lowest BCUT2D eigenvalue weighted by molar-refractivity contribution is 0.378. The van der Waals surface area contributed by atoms with Crippen molar-refractivity contribution in [1.29, 1.82) is 0 Å². The molecule has 0 rings (SSSR count). The van der Waals surface area contributed by atoms with E-state index >= 15 is 0 Å². The summed E-state index contributed by atoms with van der Waals surface area (Å²) in [6.45, 7) is 0. The van der Waals surface area contributed by atoms with Crippen molar-refractivity contribution in [3.05, 3.63) is 4.91 Å². The lowest BCUT2D eigenvalue weighted by atomic mass is 10.8. The molecule has 6 heavy (non-hydrogen) atoms. The Kier molecular flexibility index (Phi) is 2.94. The molecule has 0 heterocycles. The van der Waals surface area contributed by atoms with Gasteiger partial charge in [0.25, 0.3) is 0 Å². The van der Waals surface area contributed by atoms with Crippen LogP contribution in [-0.4, -0.2) is 12.2 Å². The van der Waals surface area contributed by atoms with Crippen LogP contribution in [0, 0.1) is 4.91 Å². The number of rotatable bonds is 2. The molecule has 1 unspecified atom stereocenters. The standard InChI is InChI=1S/C2H3ClFNO/c3-1-2(4)5-6/h2H,1H2. The smallest absolute Gasteiger partial charge is 0.217 e. The van der Waals surface area contributed by atoms with Gasteiger partial charge in [0.1, 0.15) is 0 Å². The number of nitroso groups, excluding NO2 is 1. The van der Waals surface area contributed by atoms with Crippen molar-refractivity contribution < 1.29 is 4.39 Å². The Morgan fingerprint density at radius 3 is 2.50 bits per heavy atom. The van der Waals surface area contributed by atoms with Gasteiger partial charge in [0.15, 0.2) is 0 Å². The number of nitrogens with zero attached hydrogens (tertiary/aromatic N) is 1. The molecule has 0 aliphatic heterocycles. The number of hydrogen-bond donors (Lipinski definition) is 0. The summed E-state index contributed by atoms with van der Waals surface area (Å²) < 4.78 is 11.2. The average Bonchev–Trinajstić information content (AvgIpc) is 1.65. The molecule has 0 fully saturated rings. The van der Waals surface area contributed by atoms with Gasteiger partial charge >= 0.3 is 0 Å². The molecule has 1 atom stereocenters. The molecule has 0 N–H and O–H groups in total. The van der Waals surface area contributed by atoms with E-state index in [9.17, 15) is 4.39 Å². The number of alkyl halides is 2. The molecule has 0 saturated carbocycles. The SMILES string of the molecule is O=NC(F)CCl. The first kappa shape index (κ1) is 5.82. The van der Waals surface area contributed by atoms with Gasteiger partial charge in [-0.1, -0.05) is 0 Å². The molecule has 0 radical (unpaired) electrons. The van der Waals surface area contributed by atoms with Gasteiger partial charge < -0.3 is 0 Å². The third-order valence-electron chi connectivity index (χ3n) is 0.242. The summed E-state index contributed by atoms with van der Waals surface area (Å²) in [5, 5.41) is 1.96. The second-order valence-corrected chi connectivity index (χ2v) is 1.00. The second kappa shape index (κ2) is 3.03. The molecule has 0 aromatic carbocycles. The average molecular weight is 112 g/mol. The minimum atomic E-state index is -1.73. The highest BCUT2D eigenvalue weighted by atomic mass is 35.5. The van der Waals surface area contributed by atoms with Crippen LogP contribution in [0.3, 0.4) is 0 Å². The molecule has 0 spiro atoms. The molecule has 0 aliphatic carbocycles. The molecule has 0 aliphatic rings. The summed E-state index contributed by atoms with van der Waals surface area (Å²) in [7, 11) is 0. The quantitative estimate of drug-likeness (QED) is 0.300. The summed E-state index contributed by atoms with van der Waals surface area (Å²) in [5.41, 5.74) is 0. The van der Waals surface area contributed by atoms with Crippen LogP contribution in [0.25, 0.3) is 0 Å². The Balaban J connectivity index is 2.96. The van der Waals surface area contributed by atoms with Crippen molar-refractivity contribution in [2.75, 3.05) is 5.88 Å². The minimum Gasteiger partial charge on any atom is -0.217 e. The van der Waals surface area contributed by atoms with E-state index < -0.39 is 6.30 Å². The monoisotopic (exact) mass is 111 g/mol. The van der Waals surface area contributed by atoms with Crippen LogP contribution in [0.4, 0.5) is 4.39 Å². The predicted molar refractivity (Wildman–Crippen MR) is 21.4 cm³/mol. The van der Waals surface area contributed by atoms with Crippen LogP contribution >= 0.6 is 11.6 Å². The maximum absolute atomic E-state index is 11.2.